The van der Waals surface area contributed by atoms with E-state index in [1.54, 1.807) is 24.1 Å². The van der Waals surface area contributed by atoms with Crippen LogP contribution in [-0.2, 0) is 19.5 Å². The first-order valence-corrected chi connectivity index (χ1v) is 16.5. The molecule has 5 heterocycles. The second kappa shape index (κ2) is 12.4. The van der Waals surface area contributed by atoms with Crippen LogP contribution in [0.3, 0.4) is 0 Å². The summed E-state index contributed by atoms with van der Waals surface area (Å²) in [4.78, 5) is 43.4. The molecule has 3 aromatic heterocycles. The number of rotatable bonds is 8. The number of fused-ring (bicyclic) bond motifs is 4. The summed E-state index contributed by atoms with van der Waals surface area (Å²) in [6, 6.07) is 11.2. The number of amidine groups is 1. The van der Waals surface area contributed by atoms with Gasteiger partial charge in [-0.25, -0.2) is 25.0 Å². The zero-order valence-electron chi connectivity index (χ0n) is 27.4. The molecule has 1 fully saturated rings. The molecule has 50 heavy (non-hydrogen) atoms. The Kier molecular flexibility index (Phi) is 7.91. The summed E-state index contributed by atoms with van der Waals surface area (Å²) in [5.74, 6) is 1.75. The average molecular weight is 683 g/mol. The van der Waals surface area contributed by atoms with Crippen molar-refractivity contribution in [3.8, 4) is 17.3 Å². The van der Waals surface area contributed by atoms with Gasteiger partial charge in [-0.3, -0.25) is 9.79 Å². The number of halogens is 3. The molecule has 12 nitrogen and oxygen atoms in total. The minimum absolute atomic E-state index is 0.0869. The van der Waals surface area contributed by atoms with Crippen LogP contribution in [0.5, 0.6) is 5.88 Å². The molecule has 0 bridgehead atoms. The van der Waals surface area contributed by atoms with E-state index in [9.17, 15) is 18.0 Å². The van der Waals surface area contributed by atoms with Gasteiger partial charge in [-0.2, -0.15) is 23.3 Å². The SMILES string of the molecule is COc1ncnc(C2CC2)c1-c1ncnc(N(Cc2ccc3c(c2)CCC(C)N2CC(C(F)(F)F)N=C32)Cc2n[nH]c(=O)c3ccccc23)n1. The molecule has 1 saturated carbocycles. The molecule has 1 aliphatic carbocycles. The number of H-pyrrole nitrogens is 1. The van der Waals surface area contributed by atoms with Gasteiger partial charge in [-0.15, -0.1) is 0 Å². The summed E-state index contributed by atoms with van der Waals surface area (Å²) in [5.41, 5.74) is 4.31. The van der Waals surface area contributed by atoms with Gasteiger partial charge in [0.25, 0.3) is 5.56 Å². The summed E-state index contributed by atoms with van der Waals surface area (Å²) >= 11 is 0. The highest BCUT2D eigenvalue weighted by molar-refractivity contribution is 6.02. The van der Waals surface area contributed by atoms with E-state index in [1.165, 1.54) is 12.7 Å². The van der Waals surface area contributed by atoms with E-state index >= 15 is 0 Å². The minimum atomic E-state index is -4.40. The Morgan fingerprint density at radius 2 is 1.80 bits per heavy atom. The predicted molar refractivity (Wildman–Crippen MR) is 179 cm³/mol. The smallest absolute Gasteiger partial charge is 0.412 e. The third-order valence-electron chi connectivity index (χ3n) is 9.63. The molecule has 15 heteroatoms. The van der Waals surface area contributed by atoms with Crippen molar-refractivity contribution in [1.82, 2.24) is 40.0 Å². The van der Waals surface area contributed by atoms with Crippen molar-refractivity contribution in [2.45, 2.75) is 69.9 Å². The number of ether oxygens (including phenoxy) is 1. The number of aromatic amines is 1. The number of anilines is 1. The molecule has 3 aliphatic rings. The highest BCUT2D eigenvalue weighted by Gasteiger charge is 2.46. The van der Waals surface area contributed by atoms with Crippen molar-refractivity contribution in [3.63, 3.8) is 0 Å². The van der Waals surface area contributed by atoms with Crippen molar-refractivity contribution in [2.75, 3.05) is 18.6 Å². The molecule has 1 N–H and O–H groups in total. The maximum Gasteiger partial charge on any atom is 0.412 e. The predicted octanol–water partition coefficient (Wildman–Crippen LogP) is 4.99. The van der Waals surface area contributed by atoms with Crippen LogP contribution in [0, 0.1) is 0 Å². The number of benzene rings is 2. The Bertz CT molecular complexity index is 2190. The van der Waals surface area contributed by atoms with Crippen LogP contribution < -0.4 is 15.2 Å². The number of methoxy groups -OCH3 is 1. The topological polar surface area (TPSA) is 138 Å². The molecule has 5 aromatic rings. The molecule has 2 aromatic carbocycles. The van der Waals surface area contributed by atoms with E-state index in [2.05, 4.69) is 35.1 Å². The molecule has 0 spiro atoms. The molecule has 0 radical (unpaired) electrons. The number of aliphatic imine (C=N–C) groups is 1. The highest BCUT2D eigenvalue weighted by Crippen LogP contribution is 2.45. The van der Waals surface area contributed by atoms with Crippen LogP contribution in [0.25, 0.3) is 22.2 Å². The lowest BCUT2D eigenvalue weighted by Gasteiger charge is -2.26. The van der Waals surface area contributed by atoms with Crippen molar-refractivity contribution in [3.05, 3.63) is 93.6 Å². The van der Waals surface area contributed by atoms with Gasteiger partial charge in [0, 0.05) is 29.5 Å². The third-order valence-corrected chi connectivity index (χ3v) is 9.63. The lowest BCUT2D eigenvalue weighted by atomic mass is 9.99. The lowest BCUT2D eigenvalue weighted by molar-refractivity contribution is -0.146. The van der Waals surface area contributed by atoms with Crippen LogP contribution in [0.2, 0.25) is 0 Å². The van der Waals surface area contributed by atoms with Crippen molar-refractivity contribution >= 4 is 22.6 Å². The molecule has 0 amide bonds. The number of alkyl halides is 3. The zero-order chi connectivity index (χ0) is 34.6. The van der Waals surface area contributed by atoms with Gasteiger partial charge in [0.15, 0.2) is 11.9 Å². The Morgan fingerprint density at radius 1 is 1.00 bits per heavy atom. The van der Waals surface area contributed by atoms with Gasteiger partial charge in [0.2, 0.25) is 11.8 Å². The van der Waals surface area contributed by atoms with Gasteiger partial charge in [-0.05, 0) is 49.8 Å². The molecule has 2 aliphatic heterocycles. The van der Waals surface area contributed by atoms with Gasteiger partial charge in [0.1, 0.15) is 24.1 Å². The van der Waals surface area contributed by atoms with E-state index in [0.29, 0.717) is 64.9 Å². The van der Waals surface area contributed by atoms with Crippen LogP contribution in [-0.4, -0.2) is 77.8 Å². The largest absolute Gasteiger partial charge is 0.480 e. The van der Waals surface area contributed by atoms with Crippen LogP contribution in [0.1, 0.15) is 60.2 Å². The fourth-order valence-electron chi connectivity index (χ4n) is 6.88. The summed E-state index contributed by atoms with van der Waals surface area (Å²) in [6.45, 7) is 2.32. The highest BCUT2D eigenvalue weighted by atomic mass is 19.4. The van der Waals surface area contributed by atoms with E-state index in [1.807, 2.05) is 42.2 Å². The summed E-state index contributed by atoms with van der Waals surface area (Å²) in [6.07, 6.45) is 1.90. The van der Waals surface area contributed by atoms with E-state index < -0.39 is 12.2 Å². The van der Waals surface area contributed by atoms with Crippen molar-refractivity contribution < 1.29 is 17.9 Å². The molecule has 2 atom stereocenters. The van der Waals surface area contributed by atoms with E-state index in [4.69, 9.17) is 9.72 Å². The average Bonchev–Trinajstić information content (AvgIpc) is 3.89. The van der Waals surface area contributed by atoms with Gasteiger partial charge >= 0.3 is 6.18 Å². The second-order valence-electron chi connectivity index (χ2n) is 13.0. The number of nitrogens with one attached hydrogen (secondary N) is 1. The number of aromatic nitrogens is 7. The van der Waals surface area contributed by atoms with E-state index in [-0.39, 0.29) is 30.6 Å². The van der Waals surface area contributed by atoms with Gasteiger partial charge in [0.05, 0.1) is 37.0 Å². The third kappa shape index (κ3) is 5.90. The molecular weight excluding hydrogens is 649 g/mol. The Hall–Kier alpha value is -5.47. The van der Waals surface area contributed by atoms with Crippen LogP contribution in [0.15, 0.2) is 64.9 Å². The maximum atomic E-state index is 13.7. The summed E-state index contributed by atoms with van der Waals surface area (Å²) in [7, 11) is 1.54. The lowest BCUT2D eigenvalue weighted by Crippen LogP contribution is -2.39. The fourth-order valence-corrected chi connectivity index (χ4v) is 6.88. The van der Waals surface area contributed by atoms with Crippen molar-refractivity contribution in [1.29, 1.82) is 0 Å². The Morgan fingerprint density at radius 3 is 2.58 bits per heavy atom. The fraction of sp³-hybridized carbons (Fsp3) is 0.371. The van der Waals surface area contributed by atoms with Gasteiger partial charge < -0.3 is 14.5 Å². The van der Waals surface area contributed by atoms with Crippen LogP contribution in [0.4, 0.5) is 19.1 Å². The molecule has 2 unspecified atom stereocenters. The first kappa shape index (κ1) is 31.8. The monoisotopic (exact) mass is 682 g/mol. The summed E-state index contributed by atoms with van der Waals surface area (Å²) < 4.78 is 46.8. The summed E-state index contributed by atoms with van der Waals surface area (Å²) in [5, 5.41) is 8.23. The second-order valence-corrected chi connectivity index (χ2v) is 13.0. The first-order valence-electron chi connectivity index (χ1n) is 16.5. The van der Waals surface area contributed by atoms with Gasteiger partial charge in [-0.1, -0.05) is 36.4 Å². The molecule has 8 rings (SSSR count). The van der Waals surface area contributed by atoms with Crippen molar-refractivity contribution in [2.24, 2.45) is 4.99 Å². The van der Waals surface area contributed by atoms with Crippen LogP contribution >= 0.6 is 0 Å². The van der Waals surface area contributed by atoms with E-state index in [0.717, 1.165) is 35.2 Å². The number of nitrogens with zero attached hydrogens (tertiary/aromatic N) is 9. The molecular formula is C35H33F3N10O2. The first-order chi connectivity index (χ1) is 24.2. The molecule has 256 valence electrons. The Labute approximate surface area is 284 Å². The number of aryl methyl sites for hydroxylation is 1. The quantitative estimate of drug-likeness (QED) is 0.238. The maximum absolute atomic E-state index is 13.7. The standard InChI is InChI=1S/C35H33F3N10O2/c1-19-7-9-22-13-20(8-12-23(22)31-43-27(16-48(19)31)35(36,37)38)14-47(15-26-24-5-3-4-6-25(24)32(49)46-45-26)34-42-18-40-30(44-34)28-29(21-10-11-21)39-17-41-33(28)50-2/h3-6,8,12-13,17-19,21,27H,7,9-11,14-16H2,1-2H3,(H,46,49). The zero-order valence-corrected chi connectivity index (χ0v) is 27.4. The molecule has 0 saturated heterocycles. The Balaban J connectivity index is 1.20. The normalized spacial score (nSPS) is 18.7. The number of hydrogen-bond acceptors (Lipinski definition) is 11. The minimum Gasteiger partial charge on any atom is -0.480 e. The number of hydrogen-bond donors (Lipinski definition) is 1.